The number of nitro groups is 2. The van der Waals surface area contributed by atoms with E-state index in [4.69, 9.17) is 20.6 Å². The lowest BCUT2D eigenvalue weighted by Gasteiger charge is -2.28. The van der Waals surface area contributed by atoms with Gasteiger partial charge in [0.15, 0.2) is 0 Å². The van der Waals surface area contributed by atoms with Crippen LogP contribution in [0, 0.1) is 26.1 Å². The van der Waals surface area contributed by atoms with Crippen LogP contribution in [0.15, 0.2) is 82.0 Å². The predicted molar refractivity (Wildman–Crippen MR) is 380 cm³/mol. The Morgan fingerprint density at radius 3 is 1.69 bits per heavy atom. The number of amides is 10. The van der Waals surface area contributed by atoms with Crippen LogP contribution in [-0.4, -0.2) is 189 Å². The van der Waals surface area contributed by atoms with Crippen LogP contribution in [0.3, 0.4) is 0 Å². The van der Waals surface area contributed by atoms with E-state index in [0.29, 0.717) is 23.1 Å². The average Bonchev–Trinajstić information content (AvgIpc) is 0.792. The molecule has 9 atom stereocenters. The summed E-state index contributed by atoms with van der Waals surface area (Å²) in [5.74, 6) is -14.8. The summed E-state index contributed by atoms with van der Waals surface area (Å²) in [6.07, 6.45) is -1.88. The quantitative estimate of drug-likeness (QED) is 0.0125. The first-order chi connectivity index (χ1) is 49.2. The maximum Gasteiger partial charge on any atom is 0.336 e. The Bertz CT molecular complexity index is 3810. The van der Waals surface area contributed by atoms with Crippen molar-refractivity contribution in [3.05, 3.63) is 115 Å². The van der Waals surface area contributed by atoms with E-state index in [2.05, 4.69) is 53.2 Å². The molecule has 0 radical (unpaired) electrons. The van der Waals surface area contributed by atoms with E-state index in [1.165, 1.54) is 24.9 Å². The lowest BCUT2D eigenvalue weighted by Crippen LogP contribution is -2.61. The molecule has 39 heteroatoms. The van der Waals surface area contributed by atoms with Crippen LogP contribution in [0.4, 0.5) is 17.1 Å². The van der Waals surface area contributed by atoms with Crippen molar-refractivity contribution in [2.24, 2.45) is 17.4 Å². The normalized spacial score (nSPS) is 13.5. The minimum atomic E-state index is -1.97. The molecule has 0 aliphatic carbocycles. The summed E-state index contributed by atoms with van der Waals surface area (Å²) < 4.78 is 10.5. The fourth-order valence-electron chi connectivity index (χ4n) is 10.4. The first-order valence-corrected chi connectivity index (χ1v) is 34.3. The van der Waals surface area contributed by atoms with Gasteiger partial charge in [0.2, 0.25) is 59.1 Å². The molecule has 4 aromatic rings. The van der Waals surface area contributed by atoms with Gasteiger partial charge in [0, 0.05) is 49.4 Å². The summed E-state index contributed by atoms with van der Waals surface area (Å²) in [5, 5.41) is 77.1. The maximum atomic E-state index is 14.3. The number of fused-ring (bicyclic) bond motifs is 1. The van der Waals surface area contributed by atoms with Crippen molar-refractivity contribution in [1.29, 1.82) is 0 Å². The second-order valence-corrected chi connectivity index (χ2v) is 25.3. The molecule has 1 heterocycles. The highest BCUT2D eigenvalue weighted by Crippen LogP contribution is 2.29. The zero-order valence-corrected chi connectivity index (χ0v) is 59.5. The first-order valence-electron chi connectivity index (χ1n) is 32.9. The number of anilines is 1. The number of nitrogens with two attached hydrogens (primary N) is 2. The Labute approximate surface area is 605 Å². The first kappa shape index (κ1) is 87.9. The Balaban J connectivity index is 0.0000286. The number of carboxylic acids is 3. The number of carbonyl (C=O) groups is 13. The molecule has 574 valence electrons. The molecule has 0 saturated carbocycles. The summed E-state index contributed by atoms with van der Waals surface area (Å²) >= 11 is 1.23. The zero-order chi connectivity index (χ0) is 77.3. The number of carboxylic acid groups (broad SMARTS) is 3. The van der Waals surface area contributed by atoms with Gasteiger partial charge in [-0.15, -0.1) is 0 Å². The monoisotopic (exact) mass is 1490 g/mol. The number of methoxy groups -OCH3 is 1. The third-order valence-corrected chi connectivity index (χ3v) is 16.6. The summed E-state index contributed by atoms with van der Waals surface area (Å²) in [5.41, 5.74) is 10.3. The van der Waals surface area contributed by atoms with Gasteiger partial charge in [-0.05, 0) is 119 Å². The van der Waals surface area contributed by atoms with Gasteiger partial charge in [0.05, 0.1) is 35.9 Å². The number of nitrogens with zero attached hydrogens (tertiary/aromatic N) is 2. The summed E-state index contributed by atoms with van der Waals surface area (Å²) in [6, 6.07) is 2.51. The number of hydrogen-bond acceptors (Lipinski definition) is 23. The highest BCUT2D eigenvalue weighted by atomic mass is 32.2. The molecule has 0 aliphatic heterocycles. The Kier molecular flexibility index (Phi) is 37.0. The topological polar surface area (TPSA) is 617 Å². The van der Waals surface area contributed by atoms with Crippen LogP contribution in [-0.2, 0) is 75.2 Å². The van der Waals surface area contributed by atoms with Gasteiger partial charge in [0.1, 0.15) is 71.4 Å². The molecule has 0 bridgehead atoms. The van der Waals surface area contributed by atoms with Crippen molar-refractivity contribution >= 4 is 117 Å². The van der Waals surface area contributed by atoms with Crippen molar-refractivity contribution in [2.75, 3.05) is 37.5 Å². The minimum absolute atomic E-state index is 0. The number of non-ortho nitro benzene ring substituents is 1. The van der Waals surface area contributed by atoms with Crippen LogP contribution in [0.25, 0.3) is 11.0 Å². The molecule has 10 amide bonds. The molecule has 0 aliphatic rings. The molecule has 21 N–H and O–H groups in total. The summed E-state index contributed by atoms with van der Waals surface area (Å²) in [7, 11) is 1.40. The van der Waals surface area contributed by atoms with Crippen LogP contribution < -0.4 is 81.1 Å². The molecular weight excluding hydrogens is 1400 g/mol. The molecule has 1 aromatic heterocycles. The lowest BCUT2D eigenvalue weighted by molar-refractivity contribution is -0.393. The number of hydrogen-bond donors (Lipinski definition) is 16. The zero-order valence-electron chi connectivity index (χ0n) is 58.7. The second-order valence-electron chi connectivity index (χ2n) is 24.3. The molecule has 3 aromatic carbocycles. The van der Waals surface area contributed by atoms with Gasteiger partial charge in [0.25, 0.3) is 11.4 Å². The molecule has 0 spiro atoms. The third-order valence-electron chi connectivity index (χ3n) is 16.0. The van der Waals surface area contributed by atoms with Crippen LogP contribution in [0.1, 0.15) is 109 Å². The van der Waals surface area contributed by atoms with E-state index >= 15 is 0 Å². The van der Waals surface area contributed by atoms with Crippen LogP contribution >= 0.6 is 11.8 Å². The van der Waals surface area contributed by atoms with Gasteiger partial charge in [-0.25, -0.2) is 4.79 Å². The van der Waals surface area contributed by atoms with Crippen LogP contribution in [0.2, 0.25) is 0 Å². The summed E-state index contributed by atoms with van der Waals surface area (Å²) in [4.78, 5) is 209. The van der Waals surface area contributed by atoms with E-state index in [0.717, 1.165) is 31.2 Å². The van der Waals surface area contributed by atoms with Crippen molar-refractivity contribution in [3.8, 4) is 5.75 Å². The van der Waals surface area contributed by atoms with E-state index in [1.54, 1.807) is 62.6 Å². The fourth-order valence-corrected chi connectivity index (χ4v) is 10.9. The largest absolute Gasteiger partial charge is 0.497 e. The second kappa shape index (κ2) is 44.2. The number of primary amides is 1. The van der Waals surface area contributed by atoms with Crippen LogP contribution in [0.5, 0.6) is 5.75 Å². The van der Waals surface area contributed by atoms with E-state index in [9.17, 15) is 103 Å². The highest BCUT2D eigenvalue weighted by Gasteiger charge is 2.37. The SMILES string of the molecule is COc1ccc2c(CC(=O)NC(CCC(=O)O)C(=O)NC(C(=O)NC(CCCCN)C(=O)NC(CCSC)C(=O)NC(CC(=O)O)C(=O)NC(C)C(=O)NC(CCC(=O)O)C(=O)NC(Cc3ccccc3)C(=O)NC(CCCCNc3ccc([N+](=O)[O-])cc3[N+](=O)[O-])C(N)=O)C(C)C)cc(=O)oc2c1.[NH4+]. The van der Waals surface area contributed by atoms with Gasteiger partial charge in [-0.3, -0.25) is 82.6 Å². The Morgan fingerprint density at radius 1 is 0.581 bits per heavy atom. The average molecular weight is 1500 g/mol. The van der Waals surface area contributed by atoms with Gasteiger partial charge in [-0.1, -0.05) is 44.2 Å². The number of aliphatic carboxylic acids is 3. The smallest absolute Gasteiger partial charge is 0.336 e. The van der Waals surface area contributed by atoms with Crippen molar-refractivity contribution in [3.63, 3.8) is 0 Å². The van der Waals surface area contributed by atoms with E-state index in [-0.39, 0.29) is 86.8 Å². The maximum absolute atomic E-state index is 14.3. The predicted octanol–water partition coefficient (Wildman–Crippen LogP) is 0.673. The number of quaternary nitrogens is 1. The minimum Gasteiger partial charge on any atom is -0.497 e. The molecular formula is C66H92N15O23S+. The van der Waals surface area contributed by atoms with Gasteiger partial charge >= 0.3 is 23.5 Å². The molecule has 4 rings (SSSR count). The molecule has 0 fully saturated rings. The number of carbonyl (C=O) groups excluding carboxylic acids is 10. The van der Waals surface area contributed by atoms with Crippen molar-refractivity contribution in [2.45, 2.75) is 165 Å². The number of unbranched alkanes of at least 4 members (excludes halogenated alkanes) is 2. The molecule has 0 saturated heterocycles. The number of benzene rings is 3. The number of rotatable bonds is 47. The van der Waals surface area contributed by atoms with Gasteiger partial charge in [-0.2, -0.15) is 11.8 Å². The van der Waals surface area contributed by atoms with E-state index in [1.807, 2.05) is 0 Å². The number of thioether (sulfide) groups is 1. The standard InChI is InChI=1S/C66H88N14O23S.H3N/c1-35(2)57(78-63(94)45(21-23-53(82)83)71-52(81)30-38-31-56(88)103-51-33-40(102-4)18-19-41(38)51)66(97)75-44(16-9-11-26-67)60(91)74-47(25-28-104-5)62(93)77-49(34-55(86)87)64(95)70-36(3)59(90)73-46(22-24-54(84)85)61(92)76-48(29-37-13-7-6-8-14-37)65(96)72-43(58(68)89)15-10-12-27-69-42-20-17-39(79(98)99)32-50(42)80(100)101;/h6-8,13-14,17-20,31-33,35-36,43-49,57,69H,9-12,15-16,21-30,34,67H2,1-5H3,(H2,68,89)(H,70,95)(H,71,81)(H,72,96)(H,73,90)(H,74,91)(H,75,97)(H,76,92)(H,77,93)(H,78,94)(H,82,83)(H,84,85)(H,86,87);1H3/p+1. The fraction of sp³-hybridized carbons (Fsp3) is 0.485. The Hall–Kier alpha value is -11.4. The van der Waals surface area contributed by atoms with Crippen molar-refractivity contribution in [1.82, 2.24) is 54.0 Å². The van der Waals surface area contributed by atoms with Crippen molar-refractivity contribution < 1.29 is 96.6 Å². The highest BCUT2D eigenvalue weighted by molar-refractivity contribution is 7.98. The molecule has 105 heavy (non-hydrogen) atoms. The number of nitrogens with one attached hydrogen (secondary N) is 10. The van der Waals surface area contributed by atoms with Gasteiger partial charge < -0.3 is 95.3 Å². The molecule has 9 unspecified atom stereocenters. The number of nitro benzene ring substituents is 2. The third kappa shape index (κ3) is 29.9. The lowest BCUT2D eigenvalue weighted by atomic mass is 10.00. The number of ether oxygens (including phenoxy) is 1. The van der Waals surface area contributed by atoms with E-state index < -0.39 is 203 Å². The Morgan fingerprint density at radius 2 is 1.11 bits per heavy atom. The summed E-state index contributed by atoms with van der Waals surface area (Å²) in [6.45, 7) is 4.42. The molecule has 38 nitrogen and oxygen atoms in total.